The van der Waals surface area contributed by atoms with Gasteiger partial charge in [-0.2, -0.15) is 0 Å². The van der Waals surface area contributed by atoms with Gasteiger partial charge in [0.25, 0.3) is 0 Å². The van der Waals surface area contributed by atoms with Crippen molar-refractivity contribution in [3.05, 3.63) is 23.5 Å². The standard InChI is InChI=1S/C13H17N3O/c1-7-3-9(4-15-8(7)2)16-13(17)12-10-5-14-6-11(10)12/h3-4,10-12,14H,5-6H2,1-2H3,(H,16,17)/t10-,11+,12?. The van der Waals surface area contributed by atoms with E-state index >= 15 is 0 Å². The van der Waals surface area contributed by atoms with Crippen LogP contribution in [0.5, 0.6) is 0 Å². The molecule has 0 spiro atoms. The van der Waals surface area contributed by atoms with Gasteiger partial charge in [-0.15, -0.1) is 0 Å². The van der Waals surface area contributed by atoms with Crippen LogP contribution >= 0.6 is 0 Å². The number of aromatic nitrogens is 1. The third kappa shape index (κ3) is 1.82. The summed E-state index contributed by atoms with van der Waals surface area (Å²) in [6.07, 6.45) is 1.73. The second-order valence-electron chi connectivity index (χ2n) is 5.13. The van der Waals surface area contributed by atoms with E-state index in [-0.39, 0.29) is 11.8 Å². The summed E-state index contributed by atoms with van der Waals surface area (Å²) < 4.78 is 0. The lowest BCUT2D eigenvalue weighted by molar-refractivity contribution is -0.118. The number of pyridine rings is 1. The maximum absolute atomic E-state index is 12.0. The summed E-state index contributed by atoms with van der Waals surface area (Å²) in [6.45, 7) is 5.97. The second-order valence-corrected chi connectivity index (χ2v) is 5.13. The molecule has 1 aromatic rings. The van der Waals surface area contributed by atoms with Gasteiger partial charge in [0.15, 0.2) is 0 Å². The zero-order valence-electron chi connectivity index (χ0n) is 10.2. The van der Waals surface area contributed by atoms with Gasteiger partial charge in [-0.25, -0.2) is 0 Å². The van der Waals surface area contributed by atoms with Crippen LogP contribution in [0.15, 0.2) is 12.3 Å². The van der Waals surface area contributed by atoms with Crippen molar-refractivity contribution < 1.29 is 4.79 Å². The first kappa shape index (κ1) is 10.7. The molecule has 1 amide bonds. The highest BCUT2D eigenvalue weighted by Gasteiger charge is 2.56. The van der Waals surface area contributed by atoms with E-state index in [1.54, 1.807) is 6.20 Å². The highest BCUT2D eigenvalue weighted by molar-refractivity contribution is 5.95. The van der Waals surface area contributed by atoms with E-state index in [0.717, 1.165) is 30.0 Å². The second kappa shape index (κ2) is 3.81. The molecule has 1 aliphatic carbocycles. The minimum Gasteiger partial charge on any atom is -0.324 e. The molecule has 90 valence electrons. The molecule has 1 aromatic heterocycles. The summed E-state index contributed by atoms with van der Waals surface area (Å²) in [5.41, 5.74) is 2.94. The summed E-state index contributed by atoms with van der Waals surface area (Å²) in [4.78, 5) is 16.3. The molecular weight excluding hydrogens is 214 g/mol. The summed E-state index contributed by atoms with van der Waals surface area (Å²) in [6, 6.07) is 1.98. The summed E-state index contributed by atoms with van der Waals surface area (Å²) in [5.74, 6) is 1.51. The minimum atomic E-state index is 0.159. The van der Waals surface area contributed by atoms with E-state index in [0.29, 0.717) is 11.8 Å². The molecule has 4 nitrogen and oxygen atoms in total. The molecule has 3 atom stereocenters. The first-order valence-electron chi connectivity index (χ1n) is 6.11. The zero-order valence-corrected chi connectivity index (χ0v) is 10.2. The number of nitrogens with zero attached hydrogens (tertiary/aromatic N) is 1. The van der Waals surface area contributed by atoms with Crippen LogP contribution in [0.2, 0.25) is 0 Å². The Hall–Kier alpha value is -1.42. The Morgan fingerprint density at radius 1 is 1.41 bits per heavy atom. The highest BCUT2D eigenvalue weighted by atomic mass is 16.2. The number of hydrogen-bond acceptors (Lipinski definition) is 3. The largest absolute Gasteiger partial charge is 0.324 e. The molecule has 0 bridgehead atoms. The van der Waals surface area contributed by atoms with Gasteiger partial charge < -0.3 is 10.6 Å². The number of fused-ring (bicyclic) bond motifs is 1. The lowest BCUT2D eigenvalue weighted by atomic mass is 10.2. The molecule has 17 heavy (non-hydrogen) atoms. The van der Waals surface area contributed by atoms with Gasteiger partial charge in [-0.05, 0) is 50.4 Å². The van der Waals surface area contributed by atoms with Gasteiger partial charge in [0.2, 0.25) is 5.91 Å². The number of rotatable bonds is 2. The number of aryl methyl sites for hydroxylation is 2. The minimum absolute atomic E-state index is 0.159. The normalized spacial score (nSPS) is 29.9. The first-order chi connectivity index (χ1) is 8.16. The smallest absolute Gasteiger partial charge is 0.228 e. The molecule has 1 unspecified atom stereocenters. The first-order valence-corrected chi connectivity index (χ1v) is 6.11. The monoisotopic (exact) mass is 231 g/mol. The number of piperidine rings is 1. The van der Waals surface area contributed by atoms with Crippen LogP contribution in [0.4, 0.5) is 5.69 Å². The SMILES string of the molecule is Cc1cc(NC(=O)C2[C@H]3CNC[C@@H]23)cnc1C. The van der Waals surface area contributed by atoms with Crippen molar-refractivity contribution in [3.8, 4) is 0 Å². The predicted molar refractivity (Wildman–Crippen MR) is 65.7 cm³/mol. The summed E-state index contributed by atoms with van der Waals surface area (Å²) in [5, 5.41) is 6.27. The van der Waals surface area contributed by atoms with Crippen LogP contribution in [-0.4, -0.2) is 24.0 Å². The molecule has 1 aliphatic heterocycles. The molecule has 1 saturated carbocycles. The third-order valence-electron chi connectivity index (χ3n) is 4.00. The maximum Gasteiger partial charge on any atom is 0.228 e. The van der Waals surface area contributed by atoms with Crippen molar-refractivity contribution in [1.82, 2.24) is 10.3 Å². The van der Waals surface area contributed by atoms with Crippen LogP contribution in [0, 0.1) is 31.6 Å². The molecule has 1 saturated heterocycles. The Morgan fingerprint density at radius 2 is 2.12 bits per heavy atom. The van der Waals surface area contributed by atoms with Crippen molar-refractivity contribution in [2.45, 2.75) is 13.8 Å². The Labute approximate surface area is 101 Å². The number of nitrogens with one attached hydrogen (secondary N) is 2. The summed E-state index contributed by atoms with van der Waals surface area (Å²) in [7, 11) is 0. The number of carbonyl (C=O) groups excluding carboxylic acids is 1. The van der Waals surface area contributed by atoms with Gasteiger partial charge in [0, 0.05) is 11.6 Å². The van der Waals surface area contributed by atoms with Crippen molar-refractivity contribution in [2.75, 3.05) is 18.4 Å². The molecule has 3 rings (SSSR count). The van der Waals surface area contributed by atoms with E-state index in [1.165, 1.54) is 0 Å². The summed E-state index contributed by atoms with van der Waals surface area (Å²) >= 11 is 0. The van der Waals surface area contributed by atoms with Crippen molar-refractivity contribution >= 4 is 11.6 Å². The molecule has 2 aliphatic rings. The van der Waals surface area contributed by atoms with Gasteiger partial charge in [0.05, 0.1) is 11.9 Å². The van der Waals surface area contributed by atoms with Gasteiger partial charge in [-0.3, -0.25) is 9.78 Å². The van der Waals surface area contributed by atoms with E-state index in [9.17, 15) is 4.79 Å². The van der Waals surface area contributed by atoms with E-state index < -0.39 is 0 Å². The molecule has 0 aromatic carbocycles. The fraction of sp³-hybridized carbons (Fsp3) is 0.538. The van der Waals surface area contributed by atoms with Crippen LogP contribution < -0.4 is 10.6 Å². The molecule has 2 heterocycles. The van der Waals surface area contributed by atoms with Gasteiger partial charge in [-0.1, -0.05) is 0 Å². The number of hydrogen-bond donors (Lipinski definition) is 2. The van der Waals surface area contributed by atoms with E-state index in [1.807, 2.05) is 19.9 Å². The topological polar surface area (TPSA) is 54.0 Å². The van der Waals surface area contributed by atoms with Crippen molar-refractivity contribution in [3.63, 3.8) is 0 Å². The lowest BCUT2D eigenvalue weighted by Gasteiger charge is -2.08. The fourth-order valence-electron chi connectivity index (χ4n) is 2.74. The van der Waals surface area contributed by atoms with Crippen LogP contribution in [0.3, 0.4) is 0 Å². The number of anilines is 1. The lowest BCUT2D eigenvalue weighted by Crippen LogP contribution is -2.23. The maximum atomic E-state index is 12.0. The van der Waals surface area contributed by atoms with E-state index in [4.69, 9.17) is 0 Å². The predicted octanol–water partition coefficient (Wildman–Crippen LogP) is 1.10. The van der Waals surface area contributed by atoms with Crippen LogP contribution in [0.25, 0.3) is 0 Å². The molecule has 0 radical (unpaired) electrons. The Morgan fingerprint density at radius 3 is 2.76 bits per heavy atom. The average Bonchev–Trinajstić information content (AvgIpc) is 2.78. The van der Waals surface area contributed by atoms with Crippen LogP contribution in [-0.2, 0) is 4.79 Å². The molecule has 2 N–H and O–H groups in total. The van der Waals surface area contributed by atoms with E-state index in [2.05, 4.69) is 15.6 Å². The number of carbonyl (C=O) groups is 1. The fourth-order valence-corrected chi connectivity index (χ4v) is 2.74. The Kier molecular flexibility index (Phi) is 2.40. The van der Waals surface area contributed by atoms with Crippen molar-refractivity contribution in [2.24, 2.45) is 17.8 Å². The number of amides is 1. The van der Waals surface area contributed by atoms with Gasteiger partial charge >= 0.3 is 0 Å². The quantitative estimate of drug-likeness (QED) is 0.801. The highest BCUT2D eigenvalue weighted by Crippen LogP contribution is 2.49. The van der Waals surface area contributed by atoms with Gasteiger partial charge in [0.1, 0.15) is 0 Å². The van der Waals surface area contributed by atoms with Crippen molar-refractivity contribution in [1.29, 1.82) is 0 Å². The Balaban J connectivity index is 1.67. The Bertz CT molecular complexity index is 462. The molecule has 2 fully saturated rings. The zero-order chi connectivity index (χ0) is 12.0. The molecule has 4 heteroatoms. The van der Waals surface area contributed by atoms with Crippen LogP contribution in [0.1, 0.15) is 11.3 Å². The molecular formula is C13H17N3O. The third-order valence-corrected chi connectivity index (χ3v) is 4.00. The average molecular weight is 231 g/mol.